The van der Waals surface area contributed by atoms with Crippen molar-refractivity contribution in [3.05, 3.63) is 47.5 Å². The van der Waals surface area contributed by atoms with Gasteiger partial charge in [0.1, 0.15) is 17.7 Å². The summed E-state index contributed by atoms with van der Waals surface area (Å²) in [5, 5.41) is 8.09. The number of aryl methyl sites for hydroxylation is 2. The van der Waals surface area contributed by atoms with E-state index in [0.717, 1.165) is 62.5 Å². The number of amides is 1. The Bertz CT molecular complexity index is 736. The average Bonchev–Trinajstić information content (AvgIpc) is 3.28. The minimum Gasteiger partial charge on any atom is -0.341 e. The molecule has 6 nitrogen and oxygen atoms in total. The maximum atomic E-state index is 13.1. The summed E-state index contributed by atoms with van der Waals surface area (Å²) in [5.41, 5.74) is 1.04. The summed E-state index contributed by atoms with van der Waals surface area (Å²) in [6.07, 6.45) is 4.10. The number of fused-ring (bicyclic) bond motifs is 1. The van der Waals surface area contributed by atoms with Gasteiger partial charge >= 0.3 is 0 Å². The molecule has 1 fully saturated rings. The molecular weight excluding hydrogens is 314 g/mol. The lowest BCUT2D eigenvalue weighted by Crippen LogP contribution is -2.46. The first-order chi connectivity index (χ1) is 12.2. The van der Waals surface area contributed by atoms with E-state index < -0.39 is 0 Å². The van der Waals surface area contributed by atoms with E-state index in [1.807, 2.05) is 46.8 Å². The molecule has 1 saturated heterocycles. The van der Waals surface area contributed by atoms with Crippen LogP contribution in [0.3, 0.4) is 0 Å². The van der Waals surface area contributed by atoms with Crippen molar-refractivity contribution in [2.24, 2.45) is 0 Å². The van der Waals surface area contributed by atoms with Gasteiger partial charge in [-0.25, -0.2) is 9.67 Å². The number of aromatic nitrogens is 3. The molecule has 2 aliphatic heterocycles. The van der Waals surface area contributed by atoms with Crippen LogP contribution in [0, 0.1) is 6.92 Å². The molecule has 2 aromatic rings. The Morgan fingerprint density at radius 3 is 2.76 bits per heavy atom. The number of rotatable bonds is 4. The summed E-state index contributed by atoms with van der Waals surface area (Å²) in [6, 6.07) is 10.0. The maximum Gasteiger partial charge on any atom is 0.244 e. The largest absolute Gasteiger partial charge is 0.341 e. The molecule has 0 spiro atoms. The summed E-state index contributed by atoms with van der Waals surface area (Å²) in [7, 11) is 0. The molecule has 0 saturated carbocycles. The van der Waals surface area contributed by atoms with E-state index >= 15 is 0 Å². The zero-order chi connectivity index (χ0) is 17.2. The van der Waals surface area contributed by atoms with Gasteiger partial charge in [0.2, 0.25) is 5.91 Å². The maximum absolute atomic E-state index is 13.1. The van der Waals surface area contributed by atoms with E-state index in [0.29, 0.717) is 0 Å². The Balaban J connectivity index is 1.53. The molecule has 132 valence electrons. The van der Waals surface area contributed by atoms with Gasteiger partial charge < -0.3 is 4.90 Å². The van der Waals surface area contributed by atoms with Gasteiger partial charge in [0.05, 0.1) is 6.54 Å². The first-order valence-electron chi connectivity index (χ1n) is 9.21. The minimum absolute atomic E-state index is 0.198. The van der Waals surface area contributed by atoms with Gasteiger partial charge in [-0.15, -0.1) is 0 Å². The third-order valence-electron chi connectivity index (χ3n) is 5.16. The van der Waals surface area contributed by atoms with Crippen molar-refractivity contribution in [1.29, 1.82) is 0 Å². The van der Waals surface area contributed by atoms with E-state index in [1.54, 1.807) is 0 Å². The molecule has 3 heterocycles. The van der Waals surface area contributed by atoms with Crippen LogP contribution in [0.5, 0.6) is 0 Å². The number of nitrogens with one attached hydrogen (secondary N) is 1. The molecule has 0 aliphatic carbocycles. The Morgan fingerprint density at radius 1 is 1.24 bits per heavy atom. The average molecular weight is 339 g/mol. The molecule has 4 rings (SSSR count). The molecule has 25 heavy (non-hydrogen) atoms. The van der Waals surface area contributed by atoms with Crippen LogP contribution in [-0.4, -0.2) is 44.7 Å². The van der Waals surface area contributed by atoms with Gasteiger partial charge in [-0.3, -0.25) is 10.1 Å². The fraction of sp³-hybridized carbons (Fsp3) is 0.526. The predicted molar refractivity (Wildman–Crippen MR) is 95.0 cm³/mol. The quantitative estimate of drug-likeness (QED) is 0.923. The van der Waals surface area contributed by atoms with E-state index in [2.05, 4.69) is 15.4 Å². The SMILES string of the molecule is Cc1nc2n(n1)C[C@@H](N[C@H](C(=O)N1CCCC1)c1ccccc1)CC2. The van der Waals surface area contributed by atoms with E-state index in [1.165, 1.54) is 0 Å². The lowest BCUT2D eigenvalue weighted by atomic mass is 10.0. The van der Waals surface area contributed by atoms with Crippen LogP contribution in [0.2, 0.25) is 0 Å². The number of hydrogen-bond donors (Lipinski definition) is 1. The highest BCUT2D eigenvalue weighted by atomic mass is 16.2. The second-order valence-electron chi connectivity index (χ2n) is 7.04. The van der Waals surface area contributed by atoms with Crippen LogP contribution in [0.15, 0.2) is 30.3 Å². The van der Waals surface area contributed by atoms with Crippen molar-refractivity contribution in [1.82, 2.24) is 25.0 Å². The number of hydrogen-bond acceptors (Lipinski definition) is 4. The molecule has 1 aromatic heterocycles. The highest BCUT2D eigenvalue weighted by molar-refractivity contribution is 5.83. The van der Waals surface area contributed by atoms with E-state index in [-0.39, 0.29) is 18.0 Å². The third kappa shape index (κ3) is 3.44. The van der Waals surface area contributed by atoms with Gasteiger partial charge in [0.25, 0.3) is 0 Å². The number of carbonyl (C=O) groups excluding carboxylic acids is 1. The van der Waals surface area contributed by atoms with E-state index in [9.17, 15) is 4.79 Å². The van der Waals surface area contributed by atoms with Crippen molar-refractivity contribution in [2.75, 3.05) is 13.1 Å². The summed E-state index contributed by atoms with van der Waals surface area (Å²) in [4.78, 5) is 19.6. The monoisotopic (exact) mass is 339 g/mol. The first-order valence-corrected chi connectivity index (χ1v) is 9.21. The van der Waals surface area contributed by atoms with Crippen LogP contribution >= 0.6 is 0 Å². The van der Waals surface area contributed by atoms with Gasteiger partial charge in [0.15, 0.2) is 0 Å². The van der Waals surface area contributed by atoms with Crippen LogP contribution in [0.4, 0.5) is 0 Å². The number of nitrogens with zero attached hydrogens (tertiary/aromatic N) is 4. The van der Waals surface area contributed by atoms with Crippen molar-refractivity contribution in [3.63, 3.8) is 0 Å². The number of benzene rings is 1. The minimum atomic E-state index is -0.282. The van der Waals surface area contributed by atoms with Gasteiger partial charge in [0, 0.05) is 25.6 Å². The van der Waals surface area contributed by atoms with Gasteiger partial charge in [-0.1, -0.05) is 30.3 Å². The fourth-order valence-electron chi connectivity index (χ4n) is 3.88. The van der Waals surface area contributed by atoms with Crippen LogP contribution in [0.1, 0.15) is 42.5 Å². The smallest absolute Gasteiger partial charge is 0.244 e. The Labute approximate surface area is 148 Å². The molecule has 2 atom stereocenters. The second-order valence-corrected chi connectivity index (χ2v) is 7.04. The predicted octanol–water partition coefficient (Wildman–Crippen LogP) is 1.85. The van der Waals surface area contributed by atoms with Crippen molar-refractivity contribution in [2.45, 2.75) is 51.2 Å². The van der Waals surface area contributed by atoms with Crippen molar-refractivity contribution >= 4 is 5.91 Å². The molecule has 2 aliphatic rings. The van der Waals surface area contributed by atoms with Gasteiger partial charge in [-0.2, -0.15) is 5.10 Å². The Morgan fingerprint density at radius 2 is 2.00 bits per heavy atom. The molecule has 1 aromatic carbocycles. The van der Waals surface area contributed by atoms with Gasteiger partial charge in [-0.05, 0) is 31.7 Å². The Hall–Kier alpha value is -2.21. The molecular formula is C19H25N5O. The second kappa shape index (κ2) is 6.96. The zero-order valence-corrected chi connectivity index (χ0v) is 14.7. The van der Waals surface area contributed by atoms with Crippen molar-refractivity contribution in [3.8, 4) is 0 Å². The van der Waals surface area contributed by atoms with Crippen LogP contribution in [0.25, 0.3) is 0 Å². The van der Waals surface area contributed by atoms with E-state index in [4.69, 9.17) is 0 Å². The molecule has 1 amide bonds. The van der Waals surface area contributed by atoms with Crippen LogP contribution < -0.4 is 5.32 Å². The number of carbonyl (C=O) groups is 1. The summed E-state index contributed by atoms with van der Waals surface area (Å²) < 4.78 is 1.99. The first kappa shape index (κ1) is 16.3. The molecule has 1 N–H and O–H groups in total. The topological polar surface area (TPSA) is 63.1 Å². The molecule has 6 heteroatoms. The highest BCUT2D eigenvalue weighted by Crippen LogP contribution is 2.22. The molecule has 0 unspecified atom stereocenters. The lowest BCUT2D eigenvalue weighted by Gasteiger charge is -2.30. The summed E-state index contributed by atoms with van der Waals surface area (Å²) in [5.74, 6) is 2.07. The Kier molecular flexibility index (Phi) is 4.53. The van der Waals surface area contributed by atoms with Crippen LogP contribution in [-0.2, 0) is 17.8 Å². The third-order valence-corrected chi connectivity index (χ3v) is 5.16. The summed E-state index contributed by atoms with van der Waals surface area (Å²) in [6.45, 7) is 4.45. The highest BCUT2D eigenvalue weighted by Gasteiger charge is 2.31. The lowest BCUT2D eigenvalue weighted by molar-refractivity contribution is -0.132. The fourth-order valence-corrected chi connectivity index (χ4v) is 3.88. The zero-order valence-electron chi connectivity index (χ0n) is 14.7. The summed E-state index contributed by atoms with van der Waals surface area (Å²) >= 11 is 0. The standard InChI is InChI=1S/C19H25N5O/c1-14-20-17-10-9-16(13-24(17)22-14)21-18(15-7-3-2-4-8-15)19(25)23-11-5-6-12-23/h2-4,7-8,16,18,21H,5-6,9-13H2,1H3/t16-,18-/m0/s1. The normalized spacial score (nSPS) is 21.2. The molecule has 0 bridgehead atoms. The molecule has 0 radical (unpaired) electrons. The van der Waals surface area contributed by atoms with Crippen molar-refractivity contribution < 1.29 is 4.79 Å². The number of likely N-dealkylation sites (tertiary alicyclic amines) is 1.